The van der Waals surface area contributed by atoms with E-state index in [-0.39, 0.29) is 25.0 Å². The van der Waals surface area contributed by atoms with Crippen molar-refractivity contribution in [2.75, 3.05) is 13.2 Å². The van der Waals surface area contributed by atoms with Crippen LogP contribution in [0.3, 0.4) is 0 Å². The van der Waals surface area contributed by atoms with Gasteiger partial charge in [-0.2, -0.15) is 0 Å². The Morgan fingerprint density at radius 1 is 1.37 bits per heavy atom. The summed E-state index contributed by atoms with van der Waals surface area (Å²) in [5.74, 6) is -1.81. The standard InChI is InChI=1S/C14H17F2NO2/c15-12-5-3-10(8-13(12)16)4-6-14(19)17-7-1-2-11(17)9-18/h3,5,8,11,18H,1-2,4,6-7,9H2/t11-/m1/s1. The van der Waals surface area contributed by atoms with Crippen LogP contribution in [0.4, 0.5) is 8.78 Å². The Balaban J connectivity index is 1.91. The van der Waals surface area contributed by atoms with E-state index < -0.39 is 11.6 Å². The van der Waals surface area contributed by atoms with E-state index in [2.05, 4.69) is 0 Å². The molecule has 0 radical (unpaired) electrons. The van der Waals surface area contributed by atoms with Gasteiger partial charge >= 0.3 is 0 Å². The first kappa shape index (κ1) is 13.9. The second-order valence-corrected chi connectivity index (χ2v) is 4.81. The second kappa shape index (κ2) is 6.10. The van der Waals surface area contributed by atoms with Crippen molar-refractivity contribution in [1.29, 1.82) is 0 Å². The zero-order chi connectivity index (χ0) is 13.8. The number of aryl methyl sites for hydroxylation is 1. The van der Waals surface area contributed by atoms with Gasteiger partial charge in [-0.05, 0) is 37.0 Å². The highest BCUT2D eigenvalue weighted by molar-refractivity contribution is 5.77. The van der Waals surface area contributed by atoms with Crippen LogP contribution in [-0.2, 0) is 11.2 Å². The number of likely N-dealkylation sites (tertiary alicyclic amines) is 1. The molecule has 0 aromatic heterocycles. The van der Waals surface area contributed by atoms with E-state index in [0.717, 1.165) is 25.0 Å². The maximum absolute atomic E-state index is 13.0. The van der Waals surface area contributed by atoms with Gasteiger partial charge in [0.05, 0.1) is 12.6 Å². The lowest BCUT2D eigenvalue weighted by molar-refractivity contribution is -0.132. The summed E-state index contributed by atoms with van der Waals surface area (Å²) in [6.45, 7) is 0.652. The molecule has 0 unspecified atom stereocenters. The molecule has 1 N–H and O–H groups in total. The molecule has 104 valence electrons. The SMILES string of the molecule is O=C(CCc1ccc(F)c(F)c1)N1CCC[C@@H]1CO. The molecule has 0 saturated carbocycles. The Bertz CT molecular complexity index is 465. The molecule has 1 saturated heterocycles. The van der Waals surface area contributed by atoms with Crippen molar-refractivity contribution in [2.24, 2.45) is 0 Å². The van der Waals surface area contributed by atoms with Gasteiger partial charge in [0.25, 0.3) is 0 Å². The van der Waals surface area contributed by atoms with Crippen LogP contribution in [0.15, 0.2) is 18.2 Å². The maximum Gasteiger partial charge on any atom is 0.223 e. The summed E-state index contributed by atoms with van der Waals surface area (Å²) >= 11 is 0. The molecular weight excluding hydrogens is 252 g/mol. The average Bonchev–Trinajstić information content (AvgIpc) is 2.88. The fourth-order valence-electron chi connectivity index (χ4n) is 2.44. The van der Waals surface area contributed by atoms with E-state index in [9.17, 15) is 13.6 Å². The van der Waals surface area contributed by atoms with Gasteiger partial charge < -0.3 is 10.0 Å². The van der Waals surface area contributed by atoms with Gasteiger partial charge in [0.2, 0.25) is 5.91 Å². The first-order chi connectivity index (χ1) is 9.11. The number of aliphatic hydroxyl groups is 1. The van der Waals surface area contributed by atoms with E-state index in [1.807, 2.05) is 0 Å². The molecule has 0 spiro atoms. The number of carbonyl (C=O) groups is 1. The molecule has 2 rings (SSSR count). The summed E-state index contributed by atoms with van der Waals surface area (Å²) in [4.78, 5) is 13.7. The summed E-state index contributed by atoms with van der Waals surface area (Å²) in [7, 11) is 0. The van der Waals surface area contributed by atoms with Crippen LogP contribution in [0.1, 0.15) is 24.8 Å². The average molecular weight is 269 g/mol. The maximum atomic E-state index is 13.0. The van der Waals surface area contributed by atoms with E-state index in [1.165, 1.54) is 6.07 Å². The monoisotopic (exact) mass is 269 g/mol. The normalized spacial score (nSPS) is 18.9. The zero-order valence-corrected chi connectivity index (χ0v) is 10.6. The second-order valence-electron chi connectivity index (χ2n) is 4.81. The number of halogens is 2. The van der Waals surface area contributed by atoms with Crippen LogP contribution < -0.4 is 0 Å². The molecule has 1 atom stereocenters. The topological polar surface area (TPSA) is 40.5 Å². The molecule has 1 heterocycles. The van der Waals surface area contributed by atoms with E-state index in [4.69, 9.17) is 5.11 Å². The van der Waals surface area contributed by atoms with Gasteiger partial charge in [-0.15, -0.1) is 0 Å². The van der Waals surface area contributed by atoms with Crippen LogP contribution in [0.2, 0.25) is 0 Å². The Hall–Kier alpha value is -1.49. The molecule has 0 aliphatic carbocycles. The van der Waals surface area contributed by atoms with Crippen LogP contribution in [-0.4, -0.2) is 35.1 Å². The number of carbonyl (C=O) groups excluding carboxylic acids is 1. The van der Waals surface area contributed by atoms with Crippen LogP contribution in [0.25, 0.3) is 0 Å². The Morgan fingerprint density at radius 3 is 2.84 bits per heavy atom. The molecule has 1 aromatic rings. The van der Waals surface area contributed by atoms with Crippen molar-refractivity contribution in [3.8, 4) is 0 Å². The van der Waals surface area contributed by atoms with Gasteiger partial charge in [0.15, 0.2) is 11.6 Å². The van der Waals surface area contributed by atoms with Crippen LogP contribution in [0.5, 0.6) is 0 Å². The highest BCUT2D eigenvalue weighted by atomic mass is 19.2. The fourth-order valence-corrected chi connectivity index (χ4v) is 2.44. The third kappa shape index (κ3) is 3.29. The lowest BCUT2D eigenvalue weighted by atomic mass is 10.1. The smallest absolute Gasteiger partial charge is 0.223 e. The highest BCUT2D eigenvalue weighted by Crippen LogP contribution is 2.18. The zero-order valence-electron chi connectivity index (χ0n) is 10.6. The molecule has 0 bridgehead atoms. The van der Waals surface area contributed by atoms with Gasteiger partial charge in [-0.25, -0.2) is 8.78 Å². The number of nitrogens with zero attached hydrogens (tertiary/aromatic N) is 1. The minimum absolute atomic E-state index is 0.0169. The summed E-state index contributed by atoms with van der Waals surface area (Å²) in [5, 5.41) is 9.15. The van der Waals surface area contributed by atoms with Gasteiger partial charge in [0, 0.05) is 13.0 Å². The Labute approximate surface area is 110 Å². The third-order valence-electron chi connectivity index (χ3n) is 3.52. The lowest BCUT2D eigenvalue weighted by Crippen LogP contribution is -2.37. The van der Waals surface area contributed by atoms with E-state index in [0.29, 0.717) is 18.5 Å². The summed E-state index contributed by atoms with van der Waals surface area (Å²) in [6.07, 6.45) is 2.36. The molecule has 1 aromatic carbocycles. The largest absolute Gasteiger partial charge is 0.394 e. The van der Waals surface area contributed by atoms with E-state index in [1.54, 1.807) is 4.90 Å². The Kier molecular flexibility index (Phi) is 4.47. The van der Waals surface area contributed by atoms with Crippen molar-refractivity contribution in [2.45, 2.75) is 31.7 Å². The summed E-state index contributed by atoms with van der Waals surface area (Å²) < 4.78 is 25.8. The van der Waals surface area contributed by atoms with Gasteiger partial charge in [0.1, 0.15) is 0 Å². The highest BCUT2D eigenvalue weighted by Gasteiger charge is 2.27. The number of amides is 1. The molecule has 1 fully saturated rings. The number of hydrogen-bond acceptors (Lipinski definition) is 2. The number of rotatable bonds is 4. The van der Waals surface area contributed by atoms with Crippen molar-refractivity contribution in [3.63, 3.8) is 0 Å². The van der Waals surface area contributed by atoms with Crippen LogP contribution in [0, 0.1) is 11.6 Å². The van der Waals surface area contributed by atoms with E-state index >= 15 is 0 Å². The molecule has 1 aliphatic heterocycles. The molecular formula is C14H17F2NO2. The molecule has 19 heavy (non-hydrogen) atoms. The number of aliphatic hydroxyl groups excluding tert-OH is 1. The predicted octanol–water partition coefficient (Wildman–Crippen LogP) is 1.88. The minimum Gasteiger partial charge on any atom is -0.394 e. The summed E-state index contributed by atoms with van der Waals surface area (Å²) in [6, 6.07) is 3.59. The lowest BCUT2D eigenvalue weighted by Gasteiger charge is -2.23. The van der Waals surface area contributed by atoms with Crippen molar-refractivity contribution >= 4 is 5.91 Å². The molecule has 5 heteroatoms. The fraction of sp³-hybridized carbons (Fsp3) is 0.500. The first-order valence-corrected chi connectivity index (χ1v) is 6.46. The summed E-state index contributed by atoms with van der Waals surface area (Å²) in [5.41, 5.74) is 0.604. The van der Waals surface area contributed by atoms with Crippen molar-refractivity contribution < 1.29 is 18.7 Å². The van der Waals surface area contributed by atoms with Crippen molar-refractivity contribution in [1.82, 2.24) is 4.90 Å². The van der Waals surface area contributed by atoms with Crippen LogP contribution >= 0.6 is 0 Å². The molecule has 1 aliphatic rings. The first-order valence-electron chi connectivity index (χ1n) is 6.46. The van der Waals surface area contributed by atoms with Gasteiger partial charge in [-0.3, -0.25) is 4.79 Å². The van der Waals surface area contributed by atoms with Gasteiger partial charge in [-0.1, -0.05) is 6.07 Å². The molecule has 3 nitrogen and oxygen atoms in total. The predicted molar refractivity (Wildman–Crippen MR) is 66.5 cm³/mol. The minimum atomic E-state index is -0.889. The molecule has 1 amide bonds. The third-order valence-corrected chi connectivity index (χ3v) is 3.52. The Morgan fingerprint density at radius 2 is 2.16 bits per heavy atom. The van der Waals surface area contributed by atoms with Crippen molar-refractivity contribution in [3.05, 3.63) is 35.4 Å². The number of hydrogen-bond donors (Lipinski definition) is 1. The number of benzene rings is 1. The quantitative estimate of drug-likeness (QED) is 0.906.